The largest absolute Gasteiger partial charge is 0.493 e. The number of ether oxygens (including phenoxy) is 3. The first kappa shape index (κ1) is 25.4. The summed E-state index contributed by atoms with van der Waals surface area (Å²) in [6.45, 7) is 5.28. The van der Waals surface area contributed by atoms with Crippen molar-refractivity contribution in [1.29, 1.82) is 0 Å². The Hall–Kier alpha value is -2.89. The maximum absolute atomic E-state index is 12.6. The molecule has 0 aliphatic carbocycles. The van der Waals surface area contributed by atoms with Crippen molar-refractivity contribution in [3.63, 3.8) is 0 Å². The molecule has 0 atom stereocenters. The van der Waals surface area contributed by atoms with E-state index in [1.54, 1.807) is 32.9 Å². The summed E-state index contributed by atoms with van der Waals surface area (Å²) in [5.74, 6) is 0.534. The fourth-order valence-electron chi connectivity index (χ4n) is 2.73. The SMILES string of the molecule is COc1cc(C(=O)NC(=S)Nc2ccc(S(=O)(=O)NC(C)(C)C)cc2)cc(OC)c1OC. The van der Waals surface area contributed by atoms with Gasteiger partial charge in [0.1, 0.15) is 0 Å². The van der Waals surface area contributed by atoms with Crippen LogP contribution in [0.2, 0.25) is 0 Å². The monoisotopic (exact) mass is 481 g/mol. The third-order valence-electron chi connectivity index (χ3n) is 4.02. The molecule has 0 aromatic heterocycles. The number of thiocarbonyl (C=S) groups is 1. The maximum atomic E-state index is 12.6. The van der Waals surface area contributed by atoms with Gasteiger partial charge in [0.2, 0.25) is 15.8 Å². The predicted octanol–water partition coefficient (Wildman–Crippen LogP) is 2.92. The zero-order chi connectivity index (χ0) is 24.1. The van der Waals surface area contributed by atoms with E-state index < -0.39 is 21.5 Å². The number of anilines is 1. The highest BCUT2D eigenvalue weighted by molar-refractivity contribution is 7.89. The molecule has 32 heavy (non-hydrogen) atoms. The molecular formula is C21H27N3O6S2. The molecule has 0 fully saturated rings. The number of hydrogen-bond acceptors (Lipinski definition) is 7. The fraction of sp³-hybridized carbons (Fsp3) is 0.333. The van der Waals surface area contributed by atoms with E-state index in [2.05, 4.69) is 15.4 Å². The summed E-state index contributed by atoms with van der Waals surface area (Å²) in [7, 11) is 0.716. The molecule has 0 aliphatic heterocycles. The van der Waals surface area contributed by atoms with Crippen LogP contribution >= 0.6 is 12.2 Å². The van der Waals surface area contributed by atoms with Crippen LogP contribution in [-0.4, -0.2) is 46.3 Å². The van der Waals surface area contributed by atoms with E-state index in [9.17, 15) is 13.2 Å². The minimum Gasteiger partial charge on any atom is -0.493 e. The van der Waals surface area contributed by atoms with E-state index in [-0.39, 0.29) is 15.6 Å². The second-order valence-electron chi connectivity index (χ2n) is 7.70. The molecule has 0 saturated carbocycles. The Balaban J connectivity index is 2.10. The van der Waals surface area contributed by atoms with Gasteiger partial charge in [0.05, 0.1) is 26.2 Å². The first-order valence-corrected chi connectivity index (χ1v) is 11.4. The van der Waals surface area contributed by atoms with Crippen molar-refractivity contribution in [1.82, 2.24) is 10.0 Å². The van der Waals surface area contributed by atoms with Crippen molar-refractivity contribution in [3.05, 3.63) is 42.0 Å². The molecular weight excluding hydrogens is 454 g/mol. The van der Waals surface area contributed by atoms with Gasteiger partial charge in [0, 0.05) is 16.8 Å². The number of sulfonamides is 1. The summed E-state index contributed by atoms with van der Waals surface area (Å²) in [4.78, 5) is 12.7. The van der Waals surface area contributed by atoms with Gasteiger partial charge in [-0.3, -0.25) is 10.1 Å². The van der Waals surface area contributed by atoms with Gasteiger partial charge in [0.15, 0.2) is 16.6 Å². The number of benzene rings is 2. The van der Waals surface area contributed by atoms with Crippen LogP contribution in [0.5, 0.6) is 17.2 Å². The molecule has 0 saturated heterocycles. The molecule has 174 valence electrons. The molecule has 0 radical (unpaired) electrons. The van der Waals surface area contributed by atoms with Crippen LogP contribution in [0.15, 0.2) is 41.3 Å². The molecule has 0 spiro atoms. The quantitative estimate of drug-likeness (QED) is 0.517. The standard InChI is InChI=1S/C21H27N3O6S2/c1-21(2,3)24-32(26,27)15-9-7-14(8-10-15)22-20(31)23-19(25)13-11-16(28-4)18(30-6)17(12-13)29-5/h7-12,24H,1-6H3,(H2,22,23,25,31). The van der Waals surface area contributed by atoms with Gasteiger partial charge in [-0.1, -0.05) is 0 Å². The number of carbonyl (C=O) groups excluding carboxylic acids is 1. The topological polar surface area (TPSA) is 115 Å². The molecule has 2 rings (SSSR count). The summed E-state index contributed by atoms with van der Waals surface area (Å²) in [5.41, 5.74) is 0.155. The van der Waals surface area contributed by atoms with Crippen molar-refractivity contribution in [2.45, 2.75) is 31.2 Å². The van der Waals surface area contributed by atoms with Gasteiger partial charge in [-0.25, -0.2) is 13.1 Å². The lowest BCUT2D eigenvalue weighted by Gasteiger charge is -2.20. The van der Waals surface area contributed by atoms with E-state index in [0.29, 0.717) is 22.9 Å². The van der Waals surface area contributed by atoms with Gasteiger partial charge in [-0.05, 0) is 69.4 Å². The highest BCUT2D eigenvalue weighted by Crippen LogP contribution is 2.38. The fourth-order valence-corrected chi connectivity index (χ4v) is 4.36. The highest BCUT2D eigenvalue weighted by Gasteiger charge is 2.22. The number of carbonyl (C=O) groups is 1. The number of nitrogens with one attached hydrogen (secondary N) is 3. The van der Waals surface area contributed by atoms with Crippen molar-refractivity contribution < 1.29 is 27.4 Å². The van der Waals surface area contributed by atoms with E-state index in [4.69, 9.17) is 26.4 Å². The zero-order valence-electron chi connectivity index (χ0n) is 18.7. The Morgan fingerprint density at radius 1 is 0.938 bits per heavy atom. The molecule has 1 amide bonds. The summed E-state index contributed by atoms with van der Waals surface area (Å²) >= 11 is 5.20. The summed E-state index contributed by atoms with van der Waals surface area (Å²) in [6, 6.07) is 8.99. The smallest absolute Gasteiger partial charge is 0.257 e. The summed E-state index contributed by atoms with van der Waals surface area (Å²) in [6.07, 6.45) is 0. The molecule has 3 N–H and O–H groups in total. The van der Waals surface area contributed by atoms with Crippen LogP contribution in [0.1, 0.15) is 31.1 Å². The van der Waals surface area contributed by atoms with Gasteiger partial charge in [-0.15, -0.1) is 0 Å². The average molecular weight is 482 g/mol. The van der Waals surface area contributed by atoms with Crippen molar-refractivity contribution in [2.75, 3.05) is 26.6 Å². The number of hydrogen-bond donors (Lipinski definition) is 3. The molecule has 9 nitrogen and oxygen atoms in total. The number of rotatable bonds is 7. The van der Waals surface area contributed by atoms with E-state index >= 15 is 0 Å². The molecule has 2 aromatic carbocycles. The van der Waals surface area contributed by atoms with Crippen molar-refractivity contribution in [2.24, 2.45) is 0 Å². The summed E-state index contributed by atoms with van der Waals surface area (Å²) < 4.78 is 43.1. The van der Waals surface area contributed by atoms with Crippen LogP contribution < -0.4 is 29.6 Å². The van der Waals surface area contributed by atoms with Gasteiger partial charge in [-0.2, -0.15) is 0 Å². The van der Waals surface area contributed by atoms with Crippen LogP contribution in [0.3, 0.4) is 0 Å². The third-order valence-corrected chi connectivity index (χ3v) is 6.00. The Bertz CT molecular complexity index is 1070. The molecule has 0 bridgehead atoms. The van der Waals surface area contributed by atoms with Gasteiger partial charge < -0.3 is 19.5 Å². The van der Waals surface area contributed by atoms with Crippen LogP contribution in [-0.2, 0) is 10.0 Å². The lowest BCUT2D eigenvalue weighted by molar-refractivity contribution is 0.0977. The van der Waals surface area contributed by atoms with E-state index in [1.807, 2.05) is 0 Å². The molecule has 0 unspecified atom stereocenters. The molecule has 0 aliphatic rings. The molecule has 0 heterocycles. The van der Waals surface area contributed by atoms with Crippen molar-refractivity contribution >= 4 is 38.9 Å². The van der Waals surface area contributed by atoms with E-state index in [1.165, 1.54) is 45.6 Å². The lowest BCUT2D eigenvalue weighted by Crippen LogP contribution is -2.40. The highest BCUT2D eigenvalue weighted by atomic mass is 32.2. The summed E-state index contributed by atoms with van der Waals surface area (Å²) in [5, 5.41) is 5.44. The number of amides is 1. The first-order valence-electron chi connectivity index (χ1n) is 9.46. The Labute approximate surface area is 193 Å². The second-order valence-corrected chi connectivity index (χ2v) is 9.79. The van der Waals surface area contributed by atoms with Crippen molar-refractivity contribution in [3.8, 4) is 17.2 Å². The van der Waals surface area contributed by atoms with Crippen LogP contribution in [0.25, 0.3) is 0 Å². The Morgan fingerprint density at radius 3 is 1.91 bits per heavy atom. The molecule has 11 heteroatoms. The van der Waals surface area contributed by atoms with Gasteiger partial charge in [0.25, 0.3) is 5.91 Å². The first-order chi connectivity index (χ1) is 14.9. The normalized spacial score (nSPS) is 11.4. The molecule has 2 aromatic rings. The lowest BCUT2D eigenvalue weighted by atomic mass is 10.1. The average Bonchev–Trinajstić information content (AvgIpc) is 2.71. The second kappa shape index (κ2) is 10.2. The third kappa shape index (κ3) is 6.55. The van der Waals surface area contributed by atoms with Gasteiger partial charge >= 0.3 is 0 Å². The maximum Gasteiger partial charge on any atom is 0.257 e. The minimum atomic E-state index is -3.65. The Kier molecular flexibility index (Phi) is 8.05. The number of methoxy groups -OCH3 is 3. The predicted molar refractivity (Wildman–Crippen MR) is 126 cm³/mol. The van der Waals surface area contributed by atoms with Crippen LogP contribution in [0, 0.1) is 0 Å². The van der Waals surface area contributed by atoms with Crippen LogP contribution in [0.4, 0.5) is 5.69 Å². The minimum absolute atomic E-state index is 0.0344. The zero-order valence-corrected chi connectivity index (χ0v) is 20.4. The van der Waals surface area contributed by atoms with E-state index in [0.717, 1.165) is 0 Å². The Morgan fingerprint density at radius 2 is 1.47 bits per heavy atom.